The molecule has 2 amide bonds. The smallest absolute Gasteiger partial charge is 0.341 e. The van der Waals surface area contributed by atoms with E-state index in [4.69, 9.17) is 0 Å². The number of likely N-dealkylation sites (N-methyl/N-ethyl adjacent to an activating group) is 1. The molecule has 3 heterocycles. The summed E-state index contributed by atoms with van der Waals surface area (Å²) in [5, 5.41) is 7.48. The van der Waals surface area contributed by atoms with Crippen molar-refractivity contribution in [3.8, 4) is 11.3 Å². The average molecular weight is 474 g/mol. The molecule has 0 bridgehead atoms. The van der Waals surface area contributed by atoms with Crippen LogP contribution in [0.3, 0.4) is 0 Å². The zero-order valence-corrected chi connectivity index (χ0v) is 20.3. The highest BCUT2D eigenvalue weighted by Gasteiger charge is 2.37. The van der Waals surface area contributed by atoms with Crippen LogP contribution in [0.25, 0.3) is 11.3 Å². The molecule has 1 aromatic heterocycles. The normalized spacial score (nSPS) is 17.9. The molecule has 184 valence electrons. The first kappa shape index (κ1) is 24.3. The number of benzene rings is 1. The number of carbonyl (C=O) groups is 2. The maximum Gasteiger partial charge on any atom is 0.343 e. The highest BCUT2D eigenvalue weighted by Crippen LogP contribution is 2.31. The second-order valence-corrected chi connectivity index (χ2v) is 10.4. The Morgan fingerprint density at radius 2 is 1.76 bits per heavy atom. The average Bonchev–Trinajstić information content (AvgIpc) is 3.17. The Morgan fingerprint density at radius 3 is 2.41 bits per heavy atom. The number of amides is 2. The van der Waals surface area contributed by atoms with Crippen molar-refractivity contribution in [3.05, 3.63) is 41.1 Å². The molecule has 0 unspecified atom stereocenters. The summed E-state index contributed by atoms with van der Waals surface area (Å²) in [6.45, 7) is 8.46. The fraction of sp³-hybridized carbons (Fsp3) is 0.560. The zero-order chi connectivity index (χ0) is 24.6. The Balaban J connectivity index is 1.68. The molecular formula is C25H33F2N5O2. The van der Waals surface area contributed by atoms with Gasteiger partial charge in [0.2, 0.25) is 5.91 Å². The van der Waals surface area contributed by atoms with Gasteiger partial charge in [-0.25, -0.2) is 13.6 Å². The second kappa shape index (κ2) is 9.44. The summed E-state index contributed by atoms with van der Waals surface area (Å²) >= 11 is 0. The van der Waals surface area contributed by atoms with Crippen LogP contribution < -0.4 is 5.32 Å². The van der Waals surface area contributed by atoms with Gasteiger partial charge in [-0.1, -0.05) is 20.8 Å². The number of piperidine rings is 1. The number of fused-ring (bicyclic) bond motifs is 1. The van der Waals surface area contributed by atoms with Crippen LogP contribution in [-0.4, -0.2) is 64.2 Å². The van der Waals surface area contributed by atoms with E-state index in [1.54, 1.807) is 0 Å². The fourth-order valence-electron chi connectivity index (χ4n) is 4.73. The van der Waals surface area contributed by atoms with Gasteiger partial charge in [0.15, 0.2) is 11.6 Å². The van der Waals surface area contributed by atoms with E-state index >= 15 is 0 Å². The highest BCUT2D eigenvalue weighted by atomic mass is 19.2. The molecule has 2 aliphatic heterocycles. The molecule has 1 atom stereocenters. The summed E-state index contributed by atoms with van der Waals surface area (Å²) < 4.78 is 28.8. The van der Waals surface area contributed by atoms with Crippen LogP contribution in [0.15, 0.2) is 18.2 Å². The number of hydrogen-bond acceptors (Lipinski definition) is 4. The lowest BCUT2D eigenvalue weighted by molar-refractivity contribution is -0.136. The van der Waals surface area contributed by atoms with Crippen LogP contribution in [0.4, 0.5) is 13.6 Å². The predicted molar refractivity (Wildman–Crippen MR) is 125 cm³/mol. The SMILES string of the molecule is CN1CCc2c(c(-c3ccc(F)c(F)c3)nn2C(=O)N[C@H](C(=O)N2CCCCC2)C(C)(C)C)C1. The van der Waals surface area contributed by atoms with Gasteiger partial charge < -0.3 is 15.1 Å². The Hall–Kier alpha value is -2.81. The van der Waals surface area contributed by atoms with E-state index in [9.17, 15) is 18.4 Å². The number of rotatable bonds is 3. The lowest BCUT2D eigenvalue weighted by Crippen LogP contribution is -2.56. The van der Waals surface area contributed by atoms with Crippen LogP contribution in [0, 0.1) is 17.0 Å². The molecule has 1 fully saturated rings. The summed E-state index contributed by atoms with van der Waals surface area (Å²) in [5.41, 5.74) is 1.90. The van der Waals surface area contributed by atoms with Crippen molar-refractivity contribution in [2.24, 2.45) is 5.41 Å². The van der Waals surface area contributed by atoms with Gasteiger partial charge in [0.1, 0.15) is 6.04 Å². The number of halogens is 2. The van der Waals surface area contributed by atoms with E-state index in [2.05, 4.69) is 15.3 Å². The molecule has 2 aliphatic rings. The molecule has 1 saturated heterocycles. The van der Waals surface area contributed by atoms with Crippen molar-refractivity contribution in [1.29, 1.82) is 0 Å². The molecule has 4 rings (SSSR count). The van der Waals surface area contributed by atoms with Crippen LogP contribution in [0.2, 0.25) is 0 Å². The van der Waals surface area contributed by atoms with Gasteiger partial charge in [-0.15, -0.1) is 0 Å². The van der Waals surface area contributed by atoms with Gasteiger partial charge in [0.25, 0.3) is 0 Å². The van der Waals surface area contributed by atoms with Gasteiger partial charge in [0, 0.05) is 43.7 Å². The first-order valence-electron chi connectivity index (χ1n) is 11.9. The van der Waals surface area contributed by atoms with Crippen molar-refractivity contribution in [3.63, 3.8) is 0 Å². The van der Waals surface area contributed by atoms with E-state index in [0.29, 0.717) is 37.3 Å². The molecule has 0 saturated carbocycles. The molecule has 0 radical (unpaired) electrons. The Bertz CT molecular complexity index is 1090. The predicted octanol–water partition coefficient (Wildman–Crippen LogP) is 3.80. The van der Waals surface area contributed by atoms with E-state index < -0.39 is 29.1 Å². The number of nitrogens with one attached hydrogen (secondary N) is 1. The standard InChI is InChI=1S/C25H33F2N5O2/c1-25(2,3)22(23(33)31-11-6-5-7-12-31)28-24(34)32-20-10-13-30(4)15-17(20)21(29-32)16-8-9-18(26)19(27)14-16/h8-9,14,22H,5-7,10-13,15H2,1-4H3,(H,28,34)/t22-/m1/s1. The molecule has 7 nitrogen and oxygen atoms in total. The number of aromatic nitrogens is 2. The third-order valence-corrected chi connectivity index (χ3v) is 6.68. The van der Waals surface area contributed by atoms with Crippen molar-refractivity contribution < 1.29 is 18.4 Å². The van der Waals surface area contributed by atoms with Crippen LogP contribution in [-0.2, 0) is 17.8 Å². The summed E-state index contributed by atoms with van der Waals surface area (Å²) in [5.74, 6) is -1.98. The number of likely N-dealkylation sites (tertiary alicyclic amines) is 1. The van der Waals surface area contributed by atoms with Crippen LogP contribution >= 0.6 is 0 Å². The molecule has 9 heteroatoms. The van der Waals surface area contributed by atoms with E-state index in [0.717, 1.165) is 49.2 Å². The molecule has 0 spiro atoms. The monoisotopic (exact) mass is 473 g/mol. The third kappa shape index (κ3) is 4.85. The van der Waals surface area contributed by atoms with E-state index in [1.807, 2.05) is 32.7 Å². The van der Waals surface area contributed by atoms with Crippen molar-refractivity contribution >= 4 is 11.9 Å². The first-order chi connectivity index (χ1) is 16.1. The zero-order valence-electron chi connectivity index (χ0n) is 20.3. The van der Waals surface area contributed by atoms with Crippen molar-refractivity contribution in [2.45, 2.75) is 59.0 Å². The van der Waals surface area contributed by atoms with Crippen molar-refractivity contribution in [2.75, 3.05) is 26.7 Å². The van der Waals surface area contributed by atoms with Crippen LogP contribution in [0.1, 0.15) is 51.3 Å². The van der Waals surface area contributed by atoms with Gasteiger partial charge in [-0.05, 0) is 49.9 Å². The maximum absolute atomic E-state index is 14.0. The summed E-state index contributed by atoms with van der Waals surface area (Å²) in [7, 11) is 1.96. The Labute approximate surface area is 199 Å². The lowest BCUT2D eigenvalue weighted by Gasteiger charge is -2.36. The molecule has 0 aliphatic carbocycles. The second-order valence-electron chi connectivity index (χ2n) is 10.4. The quantitative estimate of drug-likeness (QED) is 0.736. The molecular weight excluding hydrogens is 440 g/mol. The number of hydrogen-bond donors (Lipinski definition) is 1. The Kier molecular flexibility index (Phi) is 6.75. The molecule has 34 heavy (non-hydrogen) atoms. The summed E-state index contributed by atoms with van der Waals surface area (Å²) in [6, 6.07) is 2.44. The lowest BCUT2D eigenvalue weighted by atomic mass is 9.85. The molecule has 1 N–H and O–H groups in total. The van der Waals surface area contributed by atoms with Crippen LogP contribution in [0.5, 0.6) is 0 Å². The Morgan fingerprint density at radius 1 is 1.06 bits per heavy atom. The summed E-state index contributed by atoms with van der Waals surface area (Å²) in [6.07, 6.45) is 3.62. The minimum atomic E-state index is -0.964. The number of carbonyl (C=O) groups excluding carboxylic acids is 2. The highest BCUT2D eigenvalue weighted by molar-refractivity contribution is 5.89. The molecule has 2 aromatic rings. The van der Waals surface area contributed by atoms with Gasteiger partial charge in [0.05, 0.1) is 11.4 Å². The van der Waals surface area contributed by atoms with Crippen molar-refractivity contribution in [1.82, 2.24) is 24.9 Å². The third-order valence-electron chi connectivity index (χ3n) is 6.68. The van der Waals surface area contributed by atoms with E-state index in [1.165, 1.54) is 10.7 Å². The number of nitrogens with zero attached hydrogens (tertiary/aromatic N) is 4. The minimum Gasteiger partial charge on any atom is -0.341 e. The van der Waals surface area contributed by atoms with E-state index in [-0.39, 0.29) is 5.91 Å². The fourth-order valence-corrected chi connectivity index (χ4v) is 4.73. The topological polar surface area (TPSA) is 70.5 Å². The minimum absolute atomic E-state index is 0.0814. The largest absolute Gasteiger partial charge is 0.343 e. The summed E-state index contributed by atoms with van der Waals surface area (Å²) in [4.78, 5) is 30.7. The first-order valence-corrected chi connectivity index (χ1v) is 11.9. The molecule has 1 aromatic carbocycles. The van der Waals surface area contributed by atoms with Gasteiger partial charge in [-0.3, -0.25) is 4.79 Å². The van der Waals surface area contributed by atoms with Gasteiger partial charge in [-0.2, -0.15) is 9.78 Å². The van der Waals surface area contributed by atoms with Gasteiger partial charge >= 0.3 is 6.03 Å². The maximum atomic E-state index is 14.0.